The minimum absolute atomic E-state index is 0.0235. The number of hydrogen-bond acceptors (Lipinski definition) is 6. The highest BCUT2D eigenvalue weighted by Gasteiger charge is 2.40. The van der Waals surface area contributed by atoms with Gasteiger partial charge in [0.2, 0.25) is 0 Å². The summed E-state index contributed by atoms with van der Waals surface area (Å²) >= 11 is 1.74. The average Bonchev–Trinajstić information content (AvgIpc) is 2.96. The van der Waals surface area contributed by atoms with Crippen LogP contribution in [-0.4, -0.2) is 73.2 Å². The van der Waals surface area contributed by atoms with Crippen LogP contribution in [0.1, 0.15) is 25.6 Å². The number of nitrogens with zero attached hydrogens (tertiary/aromatic N) is 4. The maximum Gasteiger partial charge on any atom is 0.255 e. The number of carbonyl (C=O) groups is 1. The zero-order valence-corrected chi connectivity index (χ0v) is 15.7. The summed E-state index contributed by atoms with van der Waals surface area (Å²) in [5, 5.41) is 1.07. The second-order valence-corrected chi connectivity index (χ2v) is 7.36. The Balaban J connectivity index is 2.02. The lowest BCUT2D eigenvalue weighted by Gasteiger charge is -2.40. The van der Waals surface area contributed by atoms with E-state index in [1.807, 2.05) is 13.1 Å². The number of morpholine rings is 1. The molecule has 2 rings (SSSR count). The molecule has 6 nitrogen and oxygen atoms in total. The third kappa shape index (κ3) is 4.22. The number of ether oxygens (including phenoxy) is 1. The highest BCUT2D eigenvalue weighted by atomic mass is 32.1. The van der Waals surface area contributed by atoms with Gasteiger partial charge in [0.05, 0.1) is 6.61 Å². The van der Waals surface area contributed by atoms with E-state index in [-0.39, 0.29) is 5.91 Å². The van der Waals surface area contributed by atoms with Gasteiger partial charge in [0.1, 0.15) is 0 Å². The van der Waals surface area contributed by atoms with Gasteiger partial charge in [-0.3, -0.25) is 9.69 Å². The maximum atomic E-state index is 12.3. The van der Waals surface area contributed by atoms with E-state index in [9.17, 15) is 4.79 Å². The highest BCUT2D eigenvalue weighted by molar-refractivity contribution is 7.15. The van der Waals surface area contributed by atoms with Gasteiger partial charge in [0.25, 0.3) is 5.91 Å². The number of carbonyl (C=O) groups excluding carboxylic acids is 1. The first-order chi connectivity index (χ1) is 10.9. The molecule has 1 amide bonds. The predicted octanol–water partition coefficient (Wildman–Crippen LogP) is 1.67. The number of hydrogen-bond donors (Lipinski definition) is 0. The molecule has 1 aromatic rings. The minimum Gasteiger partial charge on any atom is -0.363 e. The molecule has 1 aromatic heterocycles. The van der Waals surface area contributed by atoms with Gasteiger partial charge in [-0.25, -0.2) is 4.98 Å². The molecule has 130 valence electrons. The third-order valence-corrected chi connectivity index (χ3v) is 5.21. The van der Waals surface area contributed by atoms with Crippen LogP contribution in [-0.2, 0) is 16.1 Å². The van der Waals surface area contributed by atoms with Crippen LogP contribution in [0.2, 0.25) is 0 Å². The predicted molar refractivity (Wildman–Crippen MR) is 94.0 cm³/mol. The van der Waals surface area contributed by atoms with E-state index >= 15 is 0 Å². The third-order valence-electron chi connectivity index (χ3n) is 4.17. The normalized spacial score (nSPS) is 22.1. The van der Waals surface area contributed by atoms with Crippen LogP contribution in [0.15, 0.2) is 6.20 Å². The van der Waals surface area contributed by atoms with Crippen molar-refractivity contribution in [2.75, 3.05) is 51.8 Å². The van der Waals surface area contributed by atoms with Crippen molar-refractivity contribution in [1.82, 2.24) is 14.8 Å². The van der Waals surface area contributed by atoms with E-state index in [1.165, 1.54) is 4.88 Å². The molecule has 0 aromatic carbocycles. The van der Waals surface area contributed by atoms with Gasteiger partial charge in [-0.15, -0.1) is 11.3 Å². The van der Waals surface area contributed by atoms with Crippen molar-refractivity contribution in [3.8, 4) is 0 Å². The molecule has 0 unspecified atom stereocenters. The minimum atomic E-state index is -0.756. The van der Waals surface area contributed by atoms with Crippen molar-refractivity contribution in [3.05, 3.63) is 11.1 Å². The summed E-state index contributed by atoms with van der Waals surface area (Å²) in [4.78, 5) is 24.3. The second-order valence-electron chi connectivity index (χ2n) is 6.27. The van der Waals surface area contributed by atoms with Crippen LogP contribution in [0, 0.1) is 0 Å². The number of anilines is 1. The first-order valence-electron chi connectivity index (χ1n) is 8.17. The fraction of sp³-hybridized carbons (Fsp3) is 0.750. The topological polar surface area (TPSA) is 48.9 Å². The van der Waals surface area contributed by atoms with E-state index in [1.54, 1.807) is 30.3 Å². The molecule has 0 bridgehead atoms. The zero-order valence-electron chi connectivity index (χ0n) is 14.8. The van der Waals surface area contributed by atoms with Crippen LogP contribution in [0.4, 0.5) is 5.13 Å². The van der Waals surface area contributed by atoms with Crippen molar-refractivity contribution in [2.45, 2.75) is 32.9 Å². The molecule has 0 saturated carbocycles. The van der Waals surface area contributed by atoms with Crippen LogP contribution in [0.25, 0.3) is 0 Å². The summed E-state index contributed by atoms with van der Waals surface area (Å²) in [5.41, 5.74) is -0.756. The highest BCUT2D eigenvalue weighted by Crippen LogP contribution is 2.26. The van der Waals surface area contributed by atoms with Crippen molar-refractivity contribution >= 4 is 22.4 Å². The van der Waals surface area contributed by atoms with E-state index in [2.05, 4.69) is 28.6 Å². The van der Waals surface area contributed by atoms with Crippen molar-refractivity contribution in [3.63, 3.8) is 0 Å². The van der Waals surface area contributed by atoms with Gasteiger partial charge in [-0.1, -0.05) is 0 Å². The second kappa shape index (κ2) is 7.59. The summed E-state index contributed by atoms with van der Waals surface area (Å²) in [6, 6.07) is 0. The first kappa shape index (κ1) is 18.2. The van der Waals surface area contributed by atoms with Crippen LogP contribution < -0.4 is 4.90 Å². The molecular weight excluding hydrogens is 312 g/mol. The van der Waals surface area contributed by atoms with E-state index < -0.39 is 5.60 Å². The van der Waals surface area contributed by atoms with Gasteiger partial charge in [0.15, 0.2) is 10.7 Å². The largest absolute Gasteiger partial charge is 0.363 e. The lowest BCUT2D eigenvalue weighted by molar-refractivity contribution is -0.165. The fourth-order valence-corrected chi connectivity index (χ4v) is 4.00. The number of rotatable bonds is 6. The Morgan fingerprint density at radius 2 is 2.13 bits per heavy atom. The lowest BCUT2D eigenvalue weighted by atomic mass is 10.0. The van der Waals surface area contributed by atoms with Crippen LogP contribution >= 0.6 is 11.3 Å². The standard InChI is InChI=1S/C16H28N4O2S/c1-6-20(7-2)15-17-10-13(23-15)11-19-8-9-22-16(3,12-19)14(21)18(4)5/h10H,6-9,11-12H2,1-5H3/t16-/m0/s1. The molecule has 1 fully saturated rings. The maximum absolute atomic E-state index is 12.3. The summed E-state index contributed by atoms with van der Waals surface area (Å²) in [7, 11) is 3.55. The summed E-state index contributed by atoms with van der Waals surface area (Å²) < 4.78 is 5.78. The average molecular weight is 340 g/mol. The molecule has 23 heavy (non-hydrogen) atoms. The van der Waals surface area contributed by atoms with Gasteiger partial charge in [0, 0.05) is 57.9 Å². The Labute approximate surface area is 143 Å². The SMILES string of the molecule is CCN(CC)c1ncc(CN2CCO[C@](C)(C(=O)N(C)C)C2)s1. The Hall–Kier alpha value is -1.18. The number of likely N-dealkylation sites (N-methyl/N-ethyl adjacent to an activating group) is 1. The molecule has 0 radical (unpaired) electrons. The Bertz CT molecular complexity index is 530. The summed E-state index contributed by atoms with van der Waals surface area (Å²) in [6.45, 7) is 11.0. The van der Waals surface area contributed by atoms with E-state index in [0.717, 1.165) is 31.3 Å². The van der Waals surface area contributed by atoms with Crippen molar-refractivity contribution in [2.24, 2.45) is 0 Å². The van der Waals surface area contributed by atoms with Gasteiger partial charge < -0.3 is 14.5 Å². The number of thiazole rings is 1. The molecule has 1 atom stereocenters. The van der Waals surface area contributed by atoms with Gasteiger partial charge in [-0.05, 0) is 20.8 Å². The molecule has 0 aliphatic carbocycles. The summed E-state index contributed by atoms with van der Waals surface area (Å²) in [5.74, 6) is 0.0235. The molecule has 1 aliphatic heterocycles. The first-order valence-corrected chi connectivity index (χ1v) is 8.99. The fourth-order valence-electron chi connectivity index (χ4n) is 2.92. The summed E-state index contributed by atoms with van der Waals surface area (Å²) in [6.07, 6.45) is 1.96. The van der Waals surface area contributed by atoms with Crippen molar-refractivity contribution < 1.29 is 9.53 Å². The van der Waals surface area contributed by atoms with Gasteiger partial charge in [-0.2, -0.15) is 0 Å². The monoisotopic (exact) mass is 340 g/mol. The Morgan fingerprint density at radius 3 is 2.74 bits per heavy atom. The molecule has 1 aliphatic rings. The smallest absolute Gasteiger partial charge is 0.255 e. The zero-order chi connectivity index (χ0) is 17.0. The molecule has 1 saturated heterocycles. The quantitative estimate of drug-likeness (QED) is 0.788. The van der Waals surface area contributed by atoms with Crippen LogP contribution in [0.5, 0.6) is 0 Å². The van der Waals surface area contributed by atoms with Crippen LogP contribution in [0.3, 0.4) is 0 Å². The molecular formula is C16H28N4O2S. The molecule has 2 heterocycles. The Kier molecular flexibility index (Phi) is 6.00. The van der Waals surface area contributed by atoms with E-state index in [4.69, 9.17) is 4.74 Å². The molecule has 7 heteroatoms. The van der Waals surface area contributed by atoms with Gasteiger partial charge >= 0.3 is 0 Å². The number of aromatic nitrogens is 1. The lowest BCUT2D eigenvalue weighted by Crippen LogP contribution is -2.57. The van der Waals surface area contributed by atoms with E-state index in [0.29, 0.717) is 13.2 Å². The van der Waals surface area contributed by atoms with Crippen molar-refractivity contribution in [1.29, 1.82) is 0 Å². The Morgan fingerprint density at radius 1 is 1.43 bits per heavy atom. The molecule has 0 spiro atoms. The molecule has 0 N–H and O–H groups in total. The number of amides is 1.